The zero-order valence-electron chi connectivity index (χ0n) is 42.5. The maximum Gasteiger partial charge on any atom is 0.567 e. The number of carbonyl (C=O) groups is 12. The lowest BCUT2D eigenvalue weighted by Gasteiger charge is -2.32. The van der Waals surface area contributed by atoms with Crippen molar-refractivity contribution in [3.8, 4) is 0 Å². The molecule has 17 N–H and O–H groups in total. The fraction of sp³-hybridized carbons (Fsp3) is 0.609. The first-order chi connectivity index (χ1) is 36.3. The van der Waals surface area contributed by atoms with Crippen molar-refractivity contribution in [2.45, 2.75) is 145 Å². The molecule has 77 heavy (non-hydrogen) atoms. The molecule has 30 nitrogen and oxygen atoms in total. The van der Waals surface area contributed by atoms with Gasteiger partial charge >= 0.3 is 20.1 Å². The Hall–Kier alpha value is -6.95. The van der Waals surface area contributed by atoms with Gasteiger partial charge in [-0.1, -0.05) is 30.3 Å². The van der Waals surface area contributed by atoms with Gasteiger partial charge in [0.15, 0.2) is 6.04 Å². The highest BCUT2D eigenvalue weighted by Gasteiger charge is 2.45. The number of hydrogen-bond donors (Lipinski definition) is 15. The molecule has 1 aromatic rings. The standard InChI is InChI=1S/C46H68N11O19P/c1-24(38(64)49-22-36(62)63)50-40(66)29(15-17-35(60)61)52-42(68)32-12-7-19-56(32)45(71)30(21-26-9-4-3-5-10-26)53-44(70)37(25(2)58)55-43(69)33-13-8-20-57(33)46(72)31(23-76-77(73,74)75)54-41(67)28(14-16-34(47)59)51-39(65)27-11-6-18-48-27/h3-5,9-10,24-25,27-33,37,48,58,73-75H,6-8,11-23H2,1-2H3,(H10-,47,49,50,51,52,53,54,55,59,60,61,62,63,64,65,66,67,68,69,70)/p+2/t24-,25+,27-,28-,29-,30-,31-,32-,33-,37-/m0/s1. The number of quaternary nitrogens is 1. The van der Waals surface area contributed by atoms with Gasteiger partial charge in [0, 0.05) is 45.2 Å². The van der Waals surface area contributed by atoms with Crippen molar-refractivity contribution in [2.24, 2.45) is 5.73 Å². The lowest BCUT2D eigenvalue weighted by Crippen LogP contribution is -2.89. The molecule has 1 aromatic carbocycles. The number of amides is 10. The Bertz CT molecular complexity index is 2320. The van der Waals surface area contributed by atoms with Gasteiger partial charge in [-0.2, -0.15) is 19.2 Å². The number of carboxylic acid groups (broad SMARTS) is 2. The molecule has 3 heterocycles. The minimum absolute atomic E-state index is 0.0288. The normalized spacial score (nSPS) is 19.9. The van der Waals surface area contributed by atoms with Gasteiger partial charge in [-0.3, -0.25) is 57.5 Å². The maximum absolute atomic E-state index is 14.5. The van der Waals surface area contributed by atoms with E-state index in [-0.39, 0.29) is 58.0 Å². The molecule has 0 radical (unpaired) electrons. The third kappa shape index (κ3) is 19.9. The molecule has 3 aliphatic rings. The number of aliphatic carboxylic acids is 2. The van der Waals surface area contributed by atoms with Gasteiger partial charge in [-0.05, 0) is 57.9 Å². The Morgan fingerprint density at radius 2 is 1.21 bits per heavy atom. The number of benzene rings is 1. The average molecular weight is 1110 g/mol. The summed E-state index contributed by atoms with van der Waals surface area (Å²) in [5.41, 5.74) is 5.83. The van der Waals surface area contributed by atoms with Crippen LogP contribution in [0.5, 0.6) is 0 Å². The molecular weight excluding hydrogens is 1040 g/mol. The van der Waals surface area contributed by atoms with E-state index >= 15 is 0 Å². The fourth-order valence-corrected chi connectivity index (χ4v) is 9.29. The number of nitrogens with one attached hydrogen (secondary N) is 7. The van der Waals surface area contributed by atoms with Crippen LogP contribution in [0.2, 0.25) is 0 Å². The molecule has 10 atom stereocenters. The van der Waals surface area contributed by atoms with Gasteiger partial charge < -0.3 is 73.4 Å². The molecule has 4 rings (SSSR count). The van der Waals surface area contributed by atoms with Gasteiger partial charge in [-0.25, -0.2) is 0 Å². The van der Waals surface area contributed by atoms with Gasteiger partial charge in [0.2, 0.25) is 53.2 Å². The minimum atomic E-state index is -5.04. The molecule has 0 saturated carbocycles. The monoisotopic (exact) mass is 1110 g/mol. The largest absolute Gasteiger partial charge is 0.567 e. The first kappa shape index (κ1) is 62.6. The summed E-state index contributed by atoms with van der Waals surface area (Å²) in [6, 6.07) is -4.34. The van der Waals surface area contributed by atoms with Crippen LogP contribution in [0.25, 0.3) is 0 Å². The Morgan fingerprint density at radius 3 is 1.74 bits per heavy atom. The number of rotatable bonds is 29. The summed E-state index contributed by atoms with van der Waals surface area (Å²) in [6.07, 6.45) is -1.89. The van der Waals surface area contributed by atoms with Crippen LogP contribution in [-0.2, 0) is 68.5 Å². The zero-order valence-corrected chi connectivity index (χ0v) is 43.4. The predicted octanol–water partition coefficient (Wildman–Crippen LogP) is -6.75. The van der Waals surface area contributed by atoms with Crippen LogP contribution >= 0.6 is 8.17 Å². The third-order valence-corrected chi connectivity index (χ3v) is 13.4. The first-order valence-corrected chi connectivity index (χ1v) is 26.5. The Labute approximate surface area is 442 Å². The summed E-state index contributed by atoms with van der Waals surface area (Å²) in [4.78, 5) is 189. The van der Waals surface area contributed by atoms with Gasteiger partial charge in [0.1, 0.15) is 61.5 Å². The molecule has 0 aliphatic carbocycles. The van der Waals surface area contributed by atoms with E-state index in [2.05, 4.69) is 37.2 Å². The maximum atomic E-state index is 14.5. The molecular formula is C46H70N11O19P+2. The quantitative estimate of drug-likeness (QED) is 0.0332. The second kappa shape index (κ2) is 29.5. The van der Waals surface area contributed by atoms with Crippen LogP contribution in [0.4, 0.5) is 0 Å². The number of likely N-dealkylation sites (tertiary alicyclic amines) is 2. The van der Waals surface area contributed by atoms with Crippen LogP contribution in [0, 0.1) is 0 Å². The van der Waals surface area contributed by atoms with E-state index in [1.54, 1.807) is 35.6 Å². The van der Waals surface area contributed by atoms with Crippen molar-refractivity contribution in [2.75, 3.05) is 32.8 Å². The van der Waals surface area contributed by atoms with E-state index in [0.717, 1.165) is 23.1 Å². The van der Waals surface area contributed by atoms with Crippen molar-refractivity contribution in [1.82, 2.24) is 47.0 Å². The highest BCUT2D eigenvalue weighted by Crippen LogP contribution is 2.45. The second-order valence-electron chi connectivity index (χ2n) is 18.9. The molecule has 10 amide bonds. The Morgan fingerprint density at radius 1 is 0.662 bits per heavy atom. The van der Waals surface area contributed by atoms with E-state index < -0.39 is 166 Å². The summed E-state index contributed by atoms with van der Waals surface area (Å²) in [5.74, 6) is -11.7. The fourth-order valence-electron chi connectivity index (χ4n) is 8.94. The smallest absolute Gasteiger partial charge is 0.481 e. The highest BCUT2D eigenvalue weighted by molar-refractivity contribution is 7.53. The molecule has 3 saturated heterocycles. The number of carboxylic acids is 2. The average Bonchev–Trinajstić information content (AvgIpc) is 4.19. The van der Waals surface area contributed by atoms with Gasteiger partial charge in [0.25, 0.3) is 5.91 Å². The lowest BCUT2D eigenvalue weighted by molar-refractivity contribution is -0.657. The number of aliphatic hydroxyl groups is 1. The first-order valence-electron chi connectivity index (χ1n) is 25.0. The number of primary amides is 1. The van der Waals surface area contributed by atoms with Crippen molar-refractivity contribution in [3.63, 3.8) is 0 Å². The molecule has 3 aliphatic heterocycles. The van der Waals surface area contributed by atoms with Crippen LogP contribution in [0.15, 0.2) is 30.3 Å². The molecule has 426 valence electrons. The van der Waals surface area contributed by atoms with Gasteiger partial charge in [-0.15, -0.1) is 0 Å². The molecule has 0 unspecified atom stereocenters. The second-order valence-corrected chi connectivity index (χ2v) is 20.2. The van der Waals surface area contributed by atoms with Crippen molar-refractivity contribution >= 4 is 79.2 Å². The van der Waals surface area contributed by atoms with E-state index in [1.165, 1.54) is 6.92 Å². The van der Waals surface area contributed by atoms with Gasteiger partial charge in [0.05, 0.1) is 12.6 Å². The Balaban J connectivity index is 1.53. The summed E-state index contributed by atoms with van der Waals surface area (Å²) in [6.45, 7) is 1.06. The topological polar surface area (TPSA) is 469 Å². The van der Waals surface area contributed by atoms with Crippen LogP contribution < -0.4 is 48.3 Å². The molecule has 0 bridgehead atoms. The highest BCUT2D eigenvalue weighted by atomic mass is 31.2. The summed E-state index contributed by atoms with van der Waals surface area (Å²) in [7, 11) is -5.04. The minimum Gasteiger partial charge on any atom is -0.481 e. The van der Waals surface area contributed by atoms with E-state index in [1.807, 2.05) is 0 Å². The number of aliphatic hydroxyl groups excluding tert-OH is 1. The summed E-state index contributed by atoms with van der Waals surface area (Å²) >= 11 is 0. The van der Waals surface area contributed by atoms with Crippen LogP contribution in [0.1, 0.15) is 83.6 Å². The van der Waals surface area contributed by atoms with Crippen LogP contribution in [-0.4, -0.2) is 204 Å². The number of hydrogen-bond acceptors (Lipinski definition) is 17. The van der Waals surface area contributed by atoms with E-state index in [0.29, 0.717) is 18.5 Å². The lowest BCUT2D eigenvalue weighted by atomic mass is 10.0. The third-order valence-electron chi connectivity index (χ3n) is 12.9. The molecule has 31 heteroatoms. The number of nitrogens with two attached hydrogens (primary N) is 2. The predicted molar refractivity (Wildman–Crippen MR) is 264 cm³/mol. The van der Waals surface area contributed by atoms with Crippen molar-refractivity contribution in [3.05, 3.63) is 35.9 Å². The molecule has 3 fully saturated rings. The zero-order chi connectivity index (χ0) is 57.1. The Kier molecular flexibility index (Phi) is 24.0. The van der Waals surface area contributed by atoms with E-state index in [9.17, 15) is 82.4 Å². The number of nitrogens with zero attached hydrogens (tertiary/aromatic N) is 2. The summed E-state index contributed by atoms with van der Waals surface area (Å²) in [5, 5.41) is 47.7. The van der Waals surface area contributed by atoms with Crippen molar-refractivity contribution < 1.29 is 97.4 Å². The molecule has 0 aromatic heterocycles. The van der Waals surface area contributed by atoms with Crippen LogP contribution in [0.3, 0.4) is 0 Å². The van der Waals surface area contributed by atoms with Crippen molar-refractivity contribution in [1.29, 1.82) is 0 Å². The number of carbonyl (C=O) groups excluding carboxylic acids is 10. The molecule has 0 spiro atoms. The SMILES string of the molecule is C[C@H](NC(=O)[C@H](CCC(=O)O)NC(=O)[C@@H]1CCCN1C(=O)[C@H](Cc1ccccc1)NC(=O)[C@@H](NC(=O)[C@@H]1CCCN1C(=O)[C@H](CO[P+](O)(O)O)NC(=O)[C@H](CCC(N)=O)NC(=O)[C@@H]1CCC[NH2+]1)[C@@H](C)O)C(=O)NCC(=O)O. The van der Waals surface area contributed by atoms with E-state index in [4.69, 9.17) is 15.4 Å². The summed E-state index contributed by atoms with van der Waals surface area (Å²) < 4.78 is 4.72.